The van der Waals surface area contributed by atoms with E-state index < -0.39 is 0 Å². The fraction of sp³-hybridized carbons (Fsp3) is 0.429. The molecule has 0 bridgehead atoms. The van der Waals surface area contributed by atoms with E-state index in [4.69, 9.17) is 4.98 Å². The number of benzene rings is 1. The number of amides is 2. The first-order valence-corrected chi connectivity index (χ1v) is 12.3. The van der Waals surface area contributed by atoms with Crippen LogP contribution in [-0.4, -0.2) is 33.9 Å². The molecule has 2 heterocycles. The summed E-state index contributed by atoms with van der Waals surface area (Å²) in [4.78, 5) is 33.0. The van der Waals surface area contributed by atoms with Crippen LogP contribution in [0.1, 0.15) is 75.0 Å². The first-order valence-electron chi connectivity index (χ1n) is 12.3. The summed E-state index contributed by atoms with van der Waals surface area (Å²) in [6.07, 6.45) is 5.29. The SMILES string of the molecule is CC(=O)Nc1cc(C(=O)NC2CCC(Nc3cc(C(C)(C)C)nc4ccc(C)cc34)CC2)ccn1. The minimum atomic E-state index is -0.215. The van der Waals surface area contributed by atoms with E-state index in [0.717, 1.165) is 48.0 Å². The van der Waals surface area contributed by atoms with Crippen molar-refractivity contribution in [2.45, 2.75) is 77.8 Å². The molecular formula is C28H35N5O2. The molecule has 7 nitrogen and oxygen atoms in total. The van der Waals surface area contributed by atoms with Gasteiger partial charge in [-0.05, 0) is 62.9 Å². The molecule has 35 heavy (non-hydrogen) atoms. The lowest BCUT2D eigenvalue weighted by molar-refractivity contribution is -0.114. The predicted octanol–water partition coefficient (Wildman–Crippen LogP) is 5.35. The van der Waals surface area contributed by atoms with Crippen LogP contribution in [0.15, 0.2) is 42.6 Å². The molecule has 3 aromatic rings. The van der Waals surface area contributed by atoms with Gasteiger partial charge in [0, 0.05) is 53.0 Å². The second-order valence-electron chi connectivity index (χ2n) is 10.6. The molecule has 0 atom stereocenters. The third kappa shape index (κ3) is 6.15. The van der Waals surface area contributed by atoms with E-state index in [1.807, 2.05) is 0 Å². The fourth-order valence-corrected chi connectivity index (χ4v) is 4.53. The molecule has 7 heteroatoms. The van der Waals surface area contributed by atoms with Gasteiger partial charge < -0.3 is 16.0 Å². The van der Waals surface area contributed by atoms with Gasteiger partial charge in [-0.1, -0.05) is 32.4 Å². The van der Waals surface area contributed by atoms with Gasteiger partial charge in [-0.3, -0.25) is 14.6 Å². The molecule has 4 rings (SSSR count). The highest BCUT2D eigenvalue weighted by Crippen LogP contribution is 2.32. The maximum Gasteiger partial charge on any atom is 0.251 e. The maximum absolute atomic E-state index is 12.8. The molecule has 0 radical (unpaired) electrons. The Labute approximate surface area is 207 Å². The number of carbonyl (C=O) groups is 2. The summed E-state index contributed by atoms with van der Waals surface area (Å²) in [5.41, 5.74) is 4.91. The van der Waals surface area contributed by atoms with Crippen molar-refractivity contribution in [3.8, 4) is 0 Å². The van der Waals surface area contributed by atoms with Gasteiger partial charge in [-0.25, -0.2) is 4.98 Å². The molecule has 1 aromatic carbocycles. The van der Waals surface area contributed by atoms with E-state index in [2.05, 4.69) is 72.9 Å². The van der Waals surface area contributed by atoms with E-state index in [1.54, 1.807) is 12.1 Å². The summed E-state index contributed by atoms with van der Waals surface area (Å²) in [5, 5.41) is 10.7. The quantitative estimate of drug-likeness (QED) is 0.464. The molecule has 184 valence electrons. The summed E-state index contributed by atoms with van der Waals surface area (Å²) < 4.78 is 0. The molecule has 2 aromatic heterocycles. The summed E-state index contributed by atoms with van der Waals surface area (Å²) in [7, 11) is 0. The average molecular weight is 474 g/mol. The second kappa shape index (κ2) is 10.0. The number of fused-ring (bicyclic) bond motifs is 1. The Balaban J connectivity index is 1.41. The number of aryl methyl sites for hydroxylation is 1. The van der Waals surface area contributed by atoms with Crippen molar-refractivity contribution in [3.05, 3.63) is 59.4 Å². The van der Waals surface area contributed by atoms with Crippen LogP contribution in [-0.2, 0) is 10.2 Å². The molecule has 1 fully saturated rings. The first-order chi connectivity index (χ1) is 16.6. The molecular weight excluding hydrogens is 438 g/mol. The Morgan fingerprint density at radius 2 is 1.69 bits per heavy atom. The van der Waals surface area contributed by atoms with Crippen molar-refractivity contribution in [2.75, 3.05) is 10.6 Å². The molecule has 1 aliphatic carbocycles. The molecule has 0 spiro atoms. The number of hydrogen-bond acceptors (Lipinski definition) is 5. The van der Waals surface area contributed by atoms with E-state index in [0.29, 0.717) is 17.4 Å². The van der Waals surface area contributed by atoms with Crippen molar-refractivity contribution >= 4 is 34.2 Å². The maximum atomic E-state index is 12.8. The van der Waals surface area contributed by atoms with Crippen LogP contribution in [0.2, 0.25) is 0 Å². The molecule has 1 saturated carbocycles. The van der Waals surface area contributed by atoms with E-state index in [1.165, 1.54) is 18.7 Å². The monoisotopic (exact) mass is 473 g/mol. The van der Waals surface area contributed by atoms with Crippen LogP contribution in [0, 0.1) is 6.92 Å². The van der Waals surface area contributed by atoms with Gasteiger partial charge in [0.15, 0.2) is 0 Å². The van der Waals surface area contributed by atoms with Crippen molar-refractivity contribution in [1.82, 2.24) is 15.3 Å². The smallest absolute Gasteiger partial charge is 0.251 e. The number of carbonyl (C=O) groups excluding carboxylic acids is 2. The summed E-state index contributed by atoms with van der Waals surface area (Å²) in [6.45, 7) is 10.1. The first kappa shape index (κ1) is 24.6. The third-order valence-electron chi connectivity index (χ3n) is 6.48. The third-order valence-corrected chi connectivity index (χ3v) is 6.48. The van der Waals surface area contributed by atoms with Crippen molar-refractivity contribution in [3.63, 3.8) is 0 Å². The number of pyridine rings is 2. The van der Waals surface area contributed by atoms with Crippen LogP contribution in [0.4, 0.5) is 11.5 Å². The Kier molecular flexibility index (Phi) is 7.05. The summed E-state index contributed by atoms with van der Waals surface area (Å²) >= 11 is 0. The Hall–Kier alpha value is -3.48. The number of nitrogens with one attached hydrogen (secondary N) is 3. The number of aromatic nitrogens is 2. The van der Waals surface area contributed by atoms with Crippen LogP contribution in [0.25, 0.3) is 10.9 Å². The van der Waals surface area contributed by atoms with Gasteiger partial charge >= 0.3 is 0 Å². The number of rotatable bonds is 5. The van der Waals surface area contributed by atoms with Gasteiger partial charge in [0.25, 0.3) is 5.91 Å². The second-order valence-corrected chi connectivity index (χ2v) is 10.6. The lowest BCUT2D eigenvalue weighted by atomic mass is 9.89. The fourth-order valence-electron chi connectivity index (χ4n) is 4.53. The van der Waals surface area contributed by atoms with Crippen molar-refractivity contribution in [2.24, 2.45) is 0 Å². The van der Waals surface area contributed by atoms with E-state index in [9.17, 15) is 9.59 Å². The minimum absolute atomic E-state index is 0.0375. The predicted molar refractivity (Wildman–Crippen MR) is 141 cm³/mol. The Morgan fingerprint density at radius 3 is 2.37 bits per heavy atom. The molecule has 2 amide bonds. The zero-order chi connectivity index (χ0) is 25.2. The summed E-state index contributed by atoms with van der Waals surface area (Å²) in [5.74, 6) is 0.0287. The van der Waals surface area contributed by atoms with Crippen LogP contribution in [0.3, 0.4) is 0 Å². The van der Waals surface area contributed by atoms with Gasteiger partial charge in [0.2, 0.25) is 5.91 Å². The van der Waals surface area contributed by atoms with Gasteiger partial charge in [0.05, 0.1) is 5.52 Å². The highest BCUT2D eigenvalue weighted by Gasteiger charge is 2.25. The van der Waals surface area contributed by atoms with Crippen molar-refractivity contribution in [1.29, 1.82) is 0 Å². The lowest BCUT2D eigenvalue weighted by Gasteiger charge is -2.31. The zero-order valence-corrected chi connectivity index (χ0v) is 21.2. The topological polar surface area (TPSA) is 96.0 Å². The van der Waals surface area contributed by atoms with Crippen LogP contribution < -0.4 is 16.0 Å². The minimum Gasteiger partial charge on any atom is -0.382 e. The Morgan fingerprint density at radius 1 is 0.971 bits per heavy atom. The lowest BCUT2D eigenvalue weighted by Crippen LogP contribution is -2.40. The molecule has 0 unspecified atom stereocenters. The zero-order valence-electron chi connectivity index (χ0n) is 21.2. The summed E-state index contributed by atoms with van der Waals surface area (Å²) in [6, 6.07) is 12.4. The number of hydrogen-bond donors (Lipinski definition) is 3. The number of nitrogens with zero attached hydrogens (tertiary/aromatic N) is 2. The van der Waals surface area contributed by atoms with Gasteiger partial charge in [-0.15, -0.1) is 0 Å². The van der Waals surface area contributed by atoms with E-state index >= 15 is 0 Å². The standard InChI is InChI=1S/C28H35N5O2/c1-17-6-11-23-22(14-17)24(16-25(33-23)28(3,4)5)31-20-7-9-21(10-8-20)32-27(35)19-12-13-29-26(15-19)30-18(2)34/h6,11-16,20-21H,7-10H2,1-5H3,(H,31,33)(H,32,35)(H,29,30,34). The van der Waals surface area contributed by atoms with E-state index in [-0.39, 0.29) is 23.3 Å². The number of anilines is 2. The highest BCUT2D eigenvalue weighted by molar-refractivity contribution is 5.96. The largest absolute Gasteiger partial charge is 0.382 e. The average Bonchev–Trinajstić information content (AvgIpc) is 2.79. The van der Waals surface area contributed by atoms with Gasteiger partial charge in [-0.2, -0.15) is 0 Å². The van der Waals surface area contributed by atoms with Crippen LogP contribution in [0.5, 0.6) is 0 Å². The van der Waals surface area contributed by atoms with Crippen molar-refractivity contribution < 1.29 is 9.59 Å². The molecule has 1 aliphatic rings. The van der Waals surface area contributed by atoms with Gasteiger partial charge in [0.1, 0.15) is 5.82 Å². The van der Waals surface area contributed by atoms with Crippen LogP contribution >= 0.6 is 0 Å². The molecule has 0 aliphatic heterocycles. The highest BCUT2D eigenvalue weighted by atomic mass is 16.2. The molecule has 3 N–H and O–H groups in total. The Bertz CT molecular complexity index is 1240. The normalized spacial score (nSPS) is 18.2. The molecule has 0 saturated heterocycles.